The standard InChI is InChI=1S/C12H16BrNO2/c1-8(2)14-12(15)9(3)16-11-6-4-10(13)5-7-11/h4-9H,1-3H3,(H,14,15)/t9-/m1/s1. The lowest BCUT2D eigenvalue weighted by molar-refractivity contribution is -0.127. The largest absolute Gasteiger partial charge is 0.481 e. The molecule has 1 atom stereocenters. The van der Waals surface area contributed by atoms with E-state index >= 15 is 0 Å². The van der Waals surface area contributed by atoms with Gasteiger partial charge in [0, 0.05) is 10.5 Å². The fourth-order valence-corrected chi connectivity index (χ4v) is 1.44. The Morgan fingerprint density at radius 3 is 2.31 bits per heavy atom. The molecule has 0 saturated heterocycles. The summed E-state index contributed by atoms with van der Waals surface area (Å²) < 4.78 is 6.48. The minimum Gasteiger partial charge on any atom is -0.481 e. The van der Waals surface area contributed by atoms with Crippen LogP contribution >= 0.6 is 15.9 Å². The predicted octanol–water partition coefficient (Wildman–Crippen LogP) is 2.74. The summed E-state index contributed by atoms with van der Waals surface area (Å²) in [5, 5.41) is 2.80. The van der Waals surface area contributed by atoms with Crippen molar-refractivity contribution in [3.05, 3.63) is 28.7 Å². The smallest absolute Gasteiger partial charge is 0.260 e. The highest BCUT2D eigenvalue weighted by atomic mass is 79.9. The van der Waals surface area contributed by atoms with Crippen LogP contribution in [-0.2, 0) is 4.79 Å². The van der Waals surface area contributed by atoms with Crippen molar-refractivity contribution in [2.24, 2.45) is 0 Å². The van der Waals surface area contributed by atoms with Gasteiger partial charge in [-0.25, -0.2) is 0 Å². The maximum Gasteiger partial charge on any atom is 0.260 e. The van der Waals surface area contributed by atoms with Gasteiger partial charge < -0.3 is 10.1 Å². The Balaban J connectivity index is 2.53. The molecule has 0 aliphatic carbocycles. The number of rotatable bonds is 4. The Morgan fingerprint density at radius 2 is 1.81 bits per heavy atom. The van der Waals surface area contributed by atoms with Crippen LogP contribution in [-0.4, -0.2) is 18.1 Å². The highest BCUT2D eigenvalue weighted by Gasteiger charge is 2.14. The summed E-state index contributed by atoms with van der Waals surface area (Å²) in [6.45, 7) is 5.58. The van der Waals surface area contributed by atoms with Crippen molar-refractivity contribution in [3.63, 3.8) is 0 Å². The van der Waals surface area contributed by atoms with Crippen LogP contribution in [0.4, 0.5) is 0 Å². The zero-order valence-electron chi connectivity index (χ0n) is 9.66. The number of nitrogens with one attached hydrogen (secondary N) is 1. The third-order valence-electron chi connectivity index (χ3n) is 1.93. The van der Waals surface area contributed by atoms with Gasteiger partial charge in [0.05, 0.1) is 0 Å². The van der Waals surface area contributed by atoms with E-state index in [1.54, 1.807) is 6.92 Å². The van der Waals surface area contributed by atoms with E-state index in [-0.39, 0.29) is 11.9 Å². The van der Waals surface area contributed by atoms with Crippen molar-refractivity contribution in [2.45, 2.75) is 32.9 Å². The van der Waals surface area contributed by atoms with Crippen LogP contribution in [0.1, 0.15) is 20.8 Å². The van der Waals surface area contributed by atoms with Gasteiger partial charge in [-0.1, -0.05) is 15.9 Å². The number of hydrogen-bond donors (Lipinski definition) is 1. The minimum absolute atomic E-state index is 0.0991. The molecule has 1 aromatic rings. The molecule has 3 nitrogen and oxygen atoms in total. The molecule has 0 aromatic heterocycles. The molecule has 0 bridgehead atoms. The minimum atomic E-state index is -0.483. The van der Waals surface area contributed by atoms with E-state index < -0.39 is 6.10 Å². The molecule has 0 heterocycles. The summed E-state index contributed by atoms with van der Waals surface area (Å²) in [6, 6.07) is 7.53. The monoisotopic (exact) mass is 285 g/mol. The van der Waals surface area contributed by atoms with Crippen LogP contribution in [0.3, 0.4) is 0 Å². The molecular formula is C12H16BrNO2. The summed E-state index contributed by atoms with van der Waals surface area (Å²) in [5.41, 5.74) is 0. The number of halogens is 1. The summed E-state index contributed by atoms with van der Waals surface area (Å²) in [7, 11) is 0. The lowest BCUT2D eigenvalue weighted by Gasteiger charge is -2.16. The van der Waals surface area contributed by atoms with Crippen LogP contribution in [0.15, 0.2) is 28.7 Å². The SMILES string of the molecule is CC(C)NC(=O)[C@@H](C)Oc1ccc(Br)cc1. The highest BCUT2D eigenvalue weighted by molar-refractivity contribution is 9.10. The molecule has 4 heteroatoms. The average Bonchev–Trinajstić information content (AvgIpc) is 2.20. The van der Waals surface area contributed by atoms with E-state index in [9.17, 15) is 4.79 Å². The summed E-state index contributed by atoms with van der Waals surface area (Å²) in [6.07, 6.45) is -0.483. The number of ether oxygens (including phenoxy) is 1. The molecule has 0 spiro atoms. The van der Waals surface area contributed by atoms with E-state index in [0.717, 1.165) is 4.47 Å². The Labute approximate surface area is 104 Å². The van der Waals surface area contributed by atoms with Crippen LogP contribution in [0.5, 0.6) is 5.75 Å². The van der Waals surface area contributed by atoms with Crippen molar-refractivity contribution in [1.29, 1.82) is 0 Å². The molecule has 0 fully saturated rings. The predicted molar refractivity (Wildman–Crippen MR) is 67.5 cm³/mol. The molecule has 0 saturated carbocycles. The summed E-state index contributed by atoms with van der Waals surface area (Å²) in [5.74, 6) is 0.590. The first kappa shape index (κ1) is 13.0. The zero-order valence-corrected chi connectivity index (χ0v) is 11.2. The molecule has 0 aliphatic heterocycles. The van der Waals surface area contributed by atoms with Gasteiger partial charge in [-0.15, -0.1) is 0 Å². The van der Waals surface area contributed by atoms with Crippen LogP contribution in [0.25, 0.3) is 0 Å². The Hall–Kier alpha value is -1.03. The van der Waals surface area contributed by atoms with Gasteiger partial charge in [0.2, 0.25) is 0 Å². The average molecular weight is 286 g/mol. The first-order chi connectivity index (χ1) is 7.49. The number of carbonyl (C=O) groups is 1. The fourth-order valence-electron chi connectivity index (χ4n) is 1.17. The second-order valence-electron chi connectivity index (χ2n) is 3.88. The number of carbonyl (C=O) groups excluding carboxylic acids is 1. The molecule has 0 aliphatic rings. The van der Waals surface area contributed by atoms with E-state index in [4.69, 9.17) is 4.74 Å². The van der Waals surface area contributed by atoms with E-state index in [0.29, 0.717) is 5.75 Å². The van der Waals surface area contributed by atoms with Gasteiger partial charge >= 0.3 is 0 Å². The quantitative estimate of drug-likeness (QED) is 0.924. The second-order valence-corrected chi connectivity index (χ2v) is 4.79. The van der Waals surface area contributed by atoms with Gasteiger partial charge in [0.25, 0.3) is 5.91 Å². The third-order valence-corrected chi connectivity index (χ3v) is 2.46. The maximum absolute atomic E-state index is 11.6. The van der Waals surface area contributed by atoms with Crippen molar-refractivity contribution in [3.8, 4) is 5.75 Å². The first-order valence-electron chi connectivity index (χ1n) is 5.21. The second kappa shape index (κ2) is 5.89. The lowest BCUT2D eigenvalue weighted by Crippen LogP contribution is -2.39. The molecule has 0 radical (unpaired) electrons. The maximum atomic E-state index is 11.6. The molecule has 16 heavy (non-hydrogen) atoms. The van der Waals surface area contributed by atoms with Gasteiger partial charge in [0.15, 0.2) is 6.10 Å². The van der Waals surface area contributed by atoms with Gasteiger partial charge in [0.1, 0.15) is 5.75 Å². The molecular weight excluding hydrogens is 270 g/mol. The molecule has 1 N–H and O–H groups in total. The molecule has 0 unspecified atom stereocenters. The molecule has 88 valence electrons. The number of benzene rings is 1. The molecule has 1 aromatic carbocycles. The number of hydrogen-bond acceptors (Lipinski definition) is 2. The lowest BCUT2D eigenvalue weighted by atomic mass is 10.3. The normalized spacial score (nSPS) is 12.3. The van der Waals surface area contributed by atoms with Crippen molar-refractivity contribution >= 4 is 21.8 Å². The van der Waals surface area contributed by atoms with Crippen molar-refractivity contribution < 1.29 is 9.53 Å². The fraction of sp³-hybridized carbons (Fsp3) is 0.417. The van der Waals surface area contributed by atoms with Crippen LogP contribution in [0, 0.1) is 0 Å². The van der Waals surface area contributed by atoms with Crippen molar-refractivity contribution in [2.75, 3.05) is 0 Å². The zero-order chi connectivity index (χ0) is 12.1. The van der Waals surface area contributed by atoms with Crippen LogP contribution < -0.4 is 10.1 Å². The van der Waals surface area contributed by atoms with Gasteiger partial charge in [-0.05, 0) is 45.0 Å². The van der Waals surface area contributed by atoms with E-state index in [2.05, 4.69) is 21.2 Å². The summed E-state index contributed by atoms with van der Waals surface area (Å²) in [4.78, 5) is 11.6. The highest BCUT2D eigenvalue weighted by Crippen LogP contribution is 2.17. The van der Waals surface area contributed by atoms with E-state index in [1.165, 1.54) is 0 Å². The van der Waals surface area contributed by atoms with Crippen LogP contribution in [0.2, 0.25) is 0 Å². The van der Waals surface area contributed by atoms with E-state index in [1.807, 2.05) is 38.1 Å². The molecule has 1 amide bonds. The number of amides is 1. The third kappa shape index (κ3) is 4.23. The Morgan fingerprint density at radius 1 is 1.25 bits per heavy atom. The molecule has 1 rings (SSSR count). The Kier molecular flexibility index (Phi) is 4.80. The Bertz CT molecular complexity index is 349. The van der Waals surface area contributed by atoms with Gasteiger partial charge in [-0.2, -0.15) is 0 Å². The summed E-state index contributed by atoms with van der Waals surface area (Å²) >= 11 is 3.34. The first-order valence-corrected chi connectivity index (χ1v) is 6.01. The topological polar surface area (TPSA) is 38.3 Å². The van der Waals surface area contributed by atoms with Crippen molar-refractivity contribution in [1.82, 2.24) is 5.32 Å². The van der Waals surface area contributed by atoms with Gasteiger partial charge in [-0.3, -0.25) is 4.79 Å².